The Morgan fingerprint density at radius 2 is 1.47 bits per heavy atom. The molecule has 0 saturated carbocycles. The zero-order chi connectivity index (χ0) is 20.6. The number of hydrogen-bond donors (Lipinski definition) is 0. The number of ketones is 1. The van der Waals surface area contributed by atoms with Crippen LogP contribution in [0.5, 0.6) is 5.75 Å². The predicted octanol–water partition coefficient (Wildman–Crippen LogP) is 4.88. The quantitative estimate of drug-likeness (QED) is 0.288. The molecule has 4 rings (SSSR count). The Bertz CT molecular complexity index is 1080. The van der Waals surface area contributed by atoms with Gasteiger partial charge in [-0.1, -0.05) is 90.6 Å². The van der Waals surface area contributed by atoms with Crippen molar-refractivity contribution in [3.8, 4) is 5.75 Å². The minimum absolute atomic E-state index is 0.0666. The molecule has 1 heterocycles. The summed E-state index contributed by atoms with van der Waals surface area (Å²) in [6.07, 6.45) is 0. The second kappa shape index (κ2) is 9.89. The number of thioether (sulfide) groups is 1. The van der Waals surface area contributed by atoms with Crippen LogP contribution in [0.1, 0.15) is 21.7 Å². The highest BCUT2D eigenvalue weighted by atomic mass is 32.2. The molecular weight excluding hydrogens is 394 g/mol. The summed E-state index contributed by atoms with van der Waals surface area (Å²) in [5.74, 6) is 1.87. The molecule has 0 N–H and O–H groups in total. The van der Waals surface area contributed by atoms with E-state index >= 15 is 0 Å². The molecule has 0 spiro atoms. The summed E-state index contributed by atoms with van der Waals surface area (Å²) in [7, 11) is 0. The highest BCUT2D eigenvalue weighted by Crippen LogP contribution is 2.21. The maximum Gasteiger partial charge on any atom is 0.192 e. The lowest BCUT2D eigenvalue weighted by Crippen LogP contribution is -2.10. The molecule has 0 radical (unpaired) electrons. The number of hydrogen-bond acceptors (Lipinski definition) is 5. The zero-order valence-electron chi connectivity index (χ0n) is 16.3. The van der Waals surface area contributed by atoms with Gasteiger partial charge >= 0.3 is 0 Å². The van der Waals surface area contributed by atoms with Crippen LogP contribution < -0.4 is 4.74 Å². The summed E-state index contributed by atoms with van der Waals surface area (Å²) < 4.78 is 7.89. The molecule has 5 nitrogen and oxygen atoms in total. The van der Waals surface area contributed by atoms with Gasteiger partial charge in [0.25, 0.3) is 0 Å². The van der Waals surface area contributed by atoms with Gasteiger partial charge < -0.3 is 4.74 Å². The topological polar surface area (TPSA) is 57.0 Å². The van der Waals surface area contributed by atoms with E-state index in [1.165, 1.54) is 11.8 Å². The normalized spacial score (nSPS) is 10.7. The summed E-state index contributed by atoms with van der Waals surface area (Å²) in [5.41, 5.74) is 1.83. The van der Waals surface area contributed by atoms with Crippen molar-refractivity contribution in [2.45, 2.75) is 18.3 Å². The van der Waals surface area contributed by atoms with Gasteiger partial charge in [-0.3, -0.25) is 9.36 Å². The van der Waals surface area contributed by atoms with Gasteiger partial charge in [0.05, 0.1) is 12.3 Å². The number of rotatable bonds is 9. The van der Waals surface area contributed by atoms with E-state index in [2.05, 4.69) is 22.3 Å². The molecule has 0 aliphatic carbocycles. The average molecular weight is 416 g/mol. The molecule has 0 unspecified atom stereocenters. The standard InChI is InChI=1S/C24H21N3O2S/c28-22(20-12-6-2-7-13-20)18-30-24-26-25-23(17-29-21-14-8-3-9-15-21)27(24)16-19-10-4-1-5-11-19/h1-15H,16-18H2. The van der Waals surface area contributed by atoms with Crippen LogP contribution in [0.3, 0.4) is 0 Å². The van der Waals surface area contributed by atoms with E-state index in [0.29, 0.717) is 29.6 Å². The monoisotopic (exact) mass is 415 g/mol. The molecule has 3 aromatic carbocycles. The Balaban J connectivity index is 1.51. The van der Waals surface area contributed by atoms with E-state index in [9.17, 15) is 4.79 Å². The molecule has 0 atom stereocenters. The van der Waals surface area contributed by atoms with Gasteiger partial charge in [0.1, 0.15) is 12.4 Å². The number of benzene rings is 3. The van der Waals surface area contributed by atoms with Crippen LogP contribution in [-0.4, -0.2) is 26.3 Å². The van der Waals surface area contributed by atoms with Crippen molar-refractivity contribution in [1.82, 2.24) is 14.8 Å². The molecule has 0 aliphatic heterocycles. The number of carbonyl (C=O) groups is 1. The van der Waals surface area contributed by atoms with E-state index < -0.39 is 0 Å². The fraction of sp³-hybridized carbons (Fsp3) is 0.125. The Labute approximate surface area is 179 Å². The third-order valence-electron chi connectivity index (χ3n) is 4.52. The molecule has 0 amide bonds. The van der Waals surface area contributed by atoms with E-state index in [4.69, 9.17) is 4.74 Å². The first-order valence-electron chi connectivity index (χ1n) is 9.64. The molecule has 150 valence electrons. The van der Waals surface area contributed by atoms with Crippen molar-refractivity contribution in [3.63, 3.8) is 0 Å². The second-order valence-corrected chi connectivity index (χ2v) is 7.59. The molecule has 1 aromatic heterocycles. The Morgan fingerprint density at radius 1 is 0.833 bits per heavy atom. The molecular formula is C24H21N3O2S. The van der Waals surface area contributed by atoms with Crippen molar-refractivity contribution in [2.75, 3.05) is 5.75 Å². The van der Waals surface area contributed by atoms with Crippen LogP contribution in [0.15, 0.2) is 96.2 Å². The summed E-state index contributed by atoms with van der Waals surface area (Å²) in [5, 5.41) is 9.37. The molecule has 0 bridgehead atoms. The zero-order valence-corrected chi connectivity index (χ0v) is 17.2. The summed E-state index contributed by atoms with van der Waals surface area (Å²) >= 11 is 1.40. The third kappa shape index (κ3) is 5.15. The average Bonchev–Trinajstić information content (AvgIpc) is 3.19. The Hall–Kier alpha value is -3.38. The molecule has 4 aromatic rings. The van der Waals surface area contributed by atoms with Crippen LogP contribution in [0.2, 0.25) is 0 Å². The molecule has 0 fully saturated rings. The van der Waals surface area contributed by atoms with Crippen LogP contribution in [0.4, 0.5) is 0 Å². The SMILES string of the molecule is O=C(CSc1nnc(COc2ccccc2)n1Cc1ccccc1)c1ccccc1. The van der Waals surface area contributed by atoms with Gasteiger partial charge in [-0.15, -0.1) is 10.2 Å². The summed E-state index contributed by atoms with van der Waals surface area (Å²) in [6, 6.07) is 29.1. The number of para-hydroxylation sites is 1. The number of nitrogens with zero attached hydrogens (tertiary/aromatic N) is 3. The maximum atomic E-state index is 12.5. The predicted molar refractivity (Wildman–Crippen MR) is 118 cm³/mol. The van der Waals surface area contributed by atoms with Crippen LogP contribution in [0.25, 0.3) is 0 Å². The lowest BCUT2D eigenvalue weighted by atomic mass is 10.2. The van der Waals surface area contributed by atoms with Crippen molar-refractivity contribution in [2.24, 2.45) is 0 Å². The highest BCUT2D eigenvalue weighted by molar-refractivity contribution is 7.99. The van der Waals surface area contributed by atoms with Gasteiger partial charge in [-0.2, -0.15) is 0 Å². The minimum Gasteiger partial charge on any atom is -0.486 e. The summed E-state index contributed by atoms with van der Waals surface area (Å²) in [4.78, 5) is 12.5. The van der Waals surface area contributed by atoms with Gasteiger partial charge in [0.2, 0.25) is 0 Å². The smallest absolute Gasteiger partial charge is 0.192 e. The second-order valence-electron chi connectivity index (χ2n) is 6.65. The van der Waals surface area contributed by atoms with Crippen molar-refractivity contribution in [3.05, 3.63) is 108 Å². The molecule has 30 heavy (non-hydrogen) atoms. The lowest BCUT2D eigenvalue weighted by Gasteiger charge is -2.11. The fourth-order valence-electron chi connectivity index (χ4n) is 2.96. The minimum atomic E-state index is 0.0666. The number of ether oxygens (including phenoxy) is 1. The van der Waals surface area contributed by atoms with Crippen molar-refractivity contribution >= 4 is 17.5 Å². The number of carbonyl (C=O) groups excluding carboxylic acids is 1. The number of aromatic nitrogens is 3. The van der Waals surface area contributed by atoms with Crippen LogP contribution in [-0.2, 0) is 13.2 Å². The fourth-order valence-corrected chi connectivity index (χ4v) is 3.81. The van der Waals surface area contributed by atoms with Crippen molar-refractivity contribution in [1.29, 1.82) is 0 Å². The van der Waals surface area contributed by atoms with Gasteiger partial charge in [0.15, 0.2) is 16.8 Å². The molecule has 0 saturated heterocycles. The van der Waals surface area contributed by atoms with Gasteiger partial charge in [-0.05, 0) is 17.7 Å². The van der Waals surface area contributed by atoms with E-state index in [-0.39, 0.29) is 5.78 Å². The number of Topliss-reactive ketones (excluding diaryl/α,β-unsaturated/α-hetero) is 1. The highest BCUT2D eigenvalue weighted by Gasteiger charge is 2.16. The third-order valence-corrected chi connectivity index (χ3v) is 5.48. The summed E-state index contributed by atoms with van der Waals surface area (Å²) in [6.45, 7) is 0.917. The lowest BCUT2D eigenvalue weighted by molar-refractivity contribution is 0.102. The van der Waals surface area contributed by atoms with Crippen molar-refractivity contribution < 1.29 is 9.53 Å². The van der Waals surface area contributed by atoms with Gasteiger partial charge in [-0.25, -0.2) is 0 Å². The first-order valence-corrected chi connectivity index (χ1v) is 10.6. The van der Waals surface area contributed by atoms with E-state index in [1.54, 1.807) is 0 Å². The van der Waals surface area contributed by atoms with Crippen LogP contribution >= 0.6 is 11.8 Å². The Kier molecular flexibility index (Phi) is 6.57. The first kappa shape index (κ1) is 19.9. The van der Waals surface area contributed by atoms with Gasteiger partial charge in [0, 0.05) is 5.56 Å². The van der Waals surface area contributed by atoms with Crippen LogP contribution in [0, 0.1) is 0 Å². The van der Waals surface area contributed by atoms with E-state index in [1.807, 2.05) is 83.4 Å². The molecule has 6 heteroatoms. The van der Waals surface area contributed by atoms with E-state index in [0.717, 1.165) is 17.1 Å². The first-order chi connectivity index (χ1) is 14.8. The largest absolute Gasteiger partial charge is 0.486 e. The maximum absolute atomic E-state index is 12.5. The molecule has 0 aliphatic rings. The Morgan fingerprint density at radius 3 is 2.17 bits per heavy atom.